The monoisotopic (exact) mass is 242 g/mol. The third kappa shape index (κ3) is 4.57. The molecule has 1 rings (SSSR count). The summed E-state index contributed by atoms with van der Waals surface area (Å²) in [4.78, 5) is 2.64. The van der Waals surface area contributed by atoms with Gasteiger partial charge in [0, 0.05) is 18.6 Å². The Balaban J connectivity index is 2.39. The van der Waals surface area contributed by atoms with E-state index in [-0.39, 0.29) is 0 Å². The number of ether oxygens (including phenoxy) is 1. The third-order valence-electron chi connectivity index (χ3n) is 3.98. The molecule has 1 fully saturated rings. The molecule has 0 amide bonds. The van der Waals surface area contributed by atoms with Gasteiger partial charge in [-0.2, -0.15) is 0 Å². The van der Waals surface area contributed by atoms with Gasteiger partial charge >= 0.3 is 0 Å². The highest BCUT2D eigenvalue weighted by Gasteiger charge is 2.28. The van der Waals surface area contributed by atoms with Crippen LogP contribution in [0.25, 0.3) is 0 Å². The molecule has 0 spiro atoms. The van der Waals surface area contributed by atoms with Crippen LogP contribution in [0.2, 0.25) is 0 Å². The first kappa shape index (κ1) is 14.9. The molecule has 1 aliphatic heterocycles. The van der Waals surface area contributed by atoms with Crippen molar-refractivity contribution in [2.75, 3.05) is 32.8 Å². The zero-order valence-electron chi connectivity index (χ0n) is 12.0. The summed E-state index contributed by atoms with van der Waals surface area (Å²) in [5, 5.41) is 3.53. The molecule has 3 nitrogen and oxygen atoms in total. The summed E-state index contributed by atoms with van der Waals surface area (Å²) >= 11 is 0. The second kappa shape index (κ2) is 8.06. The minimum atomic E-state index is 0.618. The molecular formula is C14H30N2O. The Morgan fingerprint density at radius 3 is 2.76 bits per heavy atom. The number of morpholine rings is 1. The number of hydrogen-bond acceptors (Lipinski definition) is 3. The zero-order chi connectivity index (χ0) is 12.7. The molecule has 0 radical (unpaired) electrons. The Bertz CT molecular complexity index is 199. The van der Waals surface area contributed by atoms with Crippen LogP contribution in [0, 0.1) is 5.92 Å². The molecule has 0 aromatic heterocycles. The van der Waals surface area contributed by atoms with Crippen molar-refractivity contribution in [3.05, 3.63) is 0 Å². The molecule has 1 saturated heterocycles. The first-order valence-electron chi connectivity index (χ1n) is 7.24. The lowest BCUT2D eigenvalue weighted by molar-refractivity contribution is -0.0364. The molecule has 1 aliphatic rings. The van der Waals surface area contributed by atoms with Gasteiger partial charge in [0.2, 0.25) is 0 Å². The van der Waals surface area contributed by atoms with Crippen LogP contribution in [0.4, 0.5) is 0 Å². The quantitative estimate of drug-likeness (QED) is 0.692. The minimum absolute atomic E-state index is 0.618. The van der Waals surface area contributed by atoms with Gasteiger partial charge in [0.05, 0.1) is 13.2 Å². The molecule has 0 aromatic carbocycles. The Labute approximate surface area is 107 Å². The molecule has 0 saturated carbocycles. The fraction of sp³-hybridized carbons (Fsp3) is 1.00. The fourth-order valence-corrected chi connectivity index (χ4v) is 2.56. The van der Waals surface area contributed by atoms with Gasteiger partial charge in [0.25, 0.3) is 0 Å². The SMILES string of the molecule is CCCNCC(C)C(C)N1CCOCC1CC. The van der Waals surface area contributed by atoms with Gasteiger partial charge in [-0.3, -0.25) is 4.90 Å². The molecular weight excluding hydrogens is 212 g/mol. The van der Waals surface area contributed by atoms with Crippen LogP contribution in [-0.2, 0) is 4.74 Å². The smallest absolute Gasteiger partial charge is 0.0622 e. The summed E-state index contributed by atoms with van der Waals surface area (Å²) in [7, 11) is 0. The summed E-state index contributed by atoms with van der Waals surface area (Å²) < 4.78 is 5.57. The first-order chi connectivity index (χ1) is 8.20. The van der Waals surface area contributed by atoms with Crippen molar-refractivity contribution >= 4 is 0 Å². The van der Waals surface area contributed by atoms with E-state index in [1.807, 2.05) is 0 Å². The number of hydrogen-bond donors (Lipinski definition) is 1. The summed E-state index contributed by atoms with van der Waals surface area (Å²) in [5.74, 6) is 0.702. The van der Waals surface area contributed by atoms with Crippen molar-refractivity contribution in [3.8, 4) is 0 Å². The van der Waals surface area contributed by atoms with Gasteiger partial charge < -0.3 is 10.1 Å². The predicted molar refractivity (Wildman–Crippen MR) is 73.4 cm³/mol. The van der Waals surface area contributed by atoms with E-state index in [1.165, 1.54) is 12.8 Å². The van der Waals surface area contributed by atoms with Crippen LogP contribution in [0.5, 0.6) is 0 Å². The highest BCUT2D eigenvalue weighted by molar-refractivity contribution is 4.82. The van der Waals surface area contributed by atoms with Crippen LogP contribution < -0.4 is 5.32 Å². The zero-order valence-corrected chi connectivity index (χ0v) is 12.0. The summed E-state index contributed by atoms with van der Waals surface area (Å²) in [5.41, 5.74) is 0. The van der Waals surface area contributed by atoms with E-state index in [4.69, 9.17) is 4.74 Å². The largest absolute Gasteiger partial charge is 0.378 e. The summed E-state index contributed by atoms with van der Waals surface area (Å²) in [6.07, 6.45) is 2.41. The van der Waals surface area contributed by atoms with E-state index in [0.717, 1.165) is 32.8 Å². The van der Waals surface area contributed by atoms with E-state index >= 15 is 0 Å². The maximum atomic E-state index is 5.57. The van der Waals surface area contributed by atoms with E-state index in [1.54, 1.807) is 0 Å². The third-order valence-corrected chi connectivity index (χ3v) is 3.98. The van der Waals surface area contributed by atoms with Crippen LogP contribution in [0.3, 0.4) is 0 Å². The molecule has 1 heterocycles. The summed E-state index contributed by atoms with van der Waals surface area (Å²) in [6, 6.07) is 1.26. The van der Waals surface area contributed by atoms with Gasteiger partial charge in [-0.25, -0.2) is 0 Å². The standard InChI is InChI=1S/C14H30N2O/c1-5-7-15-10-12(3)13(4)16-8-9-17-11-14(16)6-2/h12-15H,5-11H2,1-4H3. The van der Waals surface area contributed by atoms with Crippen molar-refractivity contribution in [1.82, 2.24) is 10.2 Å². The van der Waals surface area contributed by atoms with E-state index in [2.05, 4.69) is 37.9 Å². The molecule has 102 valence electrons. The Hall–Kier alpha value is -0.120. The maximum Gasteiger partial charge on any atom is 0.0622 e. The predicted octanol–water partition coefficient (Wildman–Crippen LogP) is 2.12. The minimum Gasteiger partial charge on any atom is -0.378 e. The maximum absolute atomic E-state index is 5.57. The van der Waals surface area contributed by atoms with Crippen LogP contribution >= 0.6 is 0 Å². The van der Waals surface area contributed by atoms with Crippen molar-refractivity contribution in [2.24, 2.45) is 5.92 Å². The molecule has 0 aliphatic carbocycles. The molecule has 3 heteroatoms. The lowest BCUT2D eigenvalue weighted by atomic mass is 9.99. The lowest BCUT2D eigenvalue weighted by Crippen LogP contribution is -2.52. The Kier molecular flexibility index (Phi) is 7.09. The highest BCUT2D eigenvalue weighted by atomic mass is 16.5. The second-order valence-corrected chi connectivity index (χ2v) is 5.30. The average molecular weight is 242 g/mol. The number of rotatable bonds is 7. The van der Waals surface area contributed by atoms with Crippen molar-refractivity contribution < 1.29 is 4.74 Å². The Morgan fingerprint density at radius 1 is 1.35 bits per heavy atom. The Morgan fingerprint density at radius 2 is 2.12 bits per heavy atom. The lowest BCUT2D eigenvalue weighted by Gasteiger charge is -2.41. The molecule has 0 bridgehead atoms. The van der Waals surface area contributed by atoms with E-state index < -0.39 is 0 Å². The van der Waals surface area contributed by atoms with Crippen molar-refractivity contribution in [2.45, 2.75) is 52.6 Å². The normalized spacial score (nSPS) is 25.8. The molecule has 3 atom stereocenters. The van der Waals surface area contributed by atoms with Gasteiger partial charge in [0.15, 0.2) is 0 Å². The van der Waals surface area contributed by atoms with Crippen molar-refractivity contribution in [3.63, 3.8) is 0 Å². The highest BCUT2D eigenvalue weighted by Crippen LogP contribution is 2.18. The molecule has 3 unspecified atom stereocenters. The van der Waals surface area contributed by atoms with Gasteiger partial charge in [-0.15, -0.1) is 0 Å². The van der Waals surface area contributed by atoms with E-state index in [0.29, 0.717) is 18.0 Å². The van der Waals surface area contributed by atoms with Gasteiger partial charge in [-0.05, 0) is 38.8 Å². The molecule has 0 aromatic rings. The average Bonchev–Trinajstić information content (AvgIpc) is 2.38. The van der Waals surface area contributed by atoms with E-state index in [9.17, 15) is 0 Å². The van der Waals surface area contributed by atoms with Crippen molar-refractivity contribution in [1.29, 1.82) is 0 Å². The van der Waals surface area contributed by atoms with Crippen LogP contribution in [0.15, 0.2) is 0 Å². The number of nitrogens with zero attached hydrogens (tertiary/aromatic N) is 1. The molecule has 1 N–H and O–H groups in total. The summed E-state index contributed by atoms with van der Waals surface area (Å²) in [6.45, 7) is 14.4. The van der Waals surface area contributed by atoms with Gasteiger partial charge in [-0.1, -0.05) is 20.8 Å². The fourth-order valence-electron chi connectivity index (χ4n) is 2.56. The topological polar surface area (TPSA) is 24.5 Å². The van der Waals surface area contributed by atoms with Crippen LogP contribution in [-0.4, -0.2) is 49.8 Å². The second-order valence-electron chi connectivity index (χ2n) is 5.30. The number of nitrogens with one attached hydrogen (secondary N) is 1. The molecule has 17 heavy (non-hydrogen) atoms. The first-order valence-corrected chi connectivity index (χ1v) is 7.24. The van der Waals surface area contributed by atoms with Gasteiger partial charge in [0.1, 0.15) is 0 Å². The van der Waals surface area contributed by atoms with Crippen LogP contribution in [0.1, 0.15) is 40.5 Å².